The normalized spacial score (nSPS) is 20.5. The van der Waals surface area contributed by atoms with E-state index in [9.17, 15) is 48.9 Å². The number of rotatable bonds is 17. The fourth-order valence-electron chi connectivity index (χ4n) is 6.24. The summed E-state index contributed by atoms with van der Waals surface area (Å²) in [4.78, 5) is 93.9. The van der Waals surface area contributed by atoms with E-state index in [-0.39, 0.29) is 38.1 Å². The predicted molar refractivity (Wildman–Crippen MR) is 184 cm³/mol. The average molecular weight is 734 g/mol. The second kappa shape index (κ2) is 19.1. The zero-order valence-electron chi connectivity index (χ0n) is 29.6. The molecular formula is C34H51N7O11. The van der Waals surface area contributed by atoms with Gasteiger partial charge in [0.25, 0.3) is 0 Å². The Morgan fingerprint density at radius 2 is 1.38 bits per heavy atom. The Bertz CT molecular complexity index is 1460. The lowest BCUT2D eigenvalue weighted by Crippen LogP contribution is -2.61. The highest BCUT2D eigenvalue weighted by Gasteiger charge is 2.42. The van der Waals surface area contributed by atoms with Gasteiger partial charge in [0.2, 0.25) is 35.4 Å². The van der Waals surface area contributed by atoms with E-state index < -0.39 is 103 Å². The molecule has 6 amide bonds. The van der Waals surface area contributed by atoms with E-state index in [1.54, 1.807) is 26.0 Å². The van der Waals surface area contributed by atoms with Crippen LogP contribution >= 0.6 is 0 Å². The van der Waals surface area contributed by atoms with Gasteiger partial charge < -0.3 is 57.2 Å². The molecule has 1 aromatic rings. The second-order valence-electron chi connectivity index (χ2n) is 13.3. The van der Waals surface area contributed by atoms with Crippen molar-refractivity contribution in [3.8, 4) is 5.75 Å². The maximum atomic E-state index is 14.0. The number of carboxylic acid groups (broad SMARTS) is 1. The van der Waals surface area contributed by atoms with Crippen molar-refractivity contribution in [2.24, 2.45) is 11.7 Å². The summed E-state index contributed by atoms with van der Waals surface area (Å²) in [7, 11) is 0. The van der Waals surface area contributed by atoms with E-state index in [4.69, 9.17) is 10.8 Å². The molecule has 0 radical (unpaired) electrons. The van der Waals surface area contributed by atoms with Gasteiger partial charge in [0.15, 0.2) is 0 Å². The summed E-state index contributed by atoms with van der Waals surface area (Å²) in [6, 6.07) is -1.22. The summed E-state index contributed by atoms with van der Waals surface area (Å²) in [5.74, 6) is -5.92. The minimum atomic E-state index is -1.44. The first-order valence-electron chi connectivity index (χ1n) is 17.4. The molecule has 2 saturated heterocycles. The van der Waals surface area contributed by atoms with Crippen LogP contribution in [-0.2, 0) is 40.0 Å². The van der Waals surface area contributed by atoms with E-state index in [0.717, 1.165) is 0 Å². The average Bonchev–Trinajstić information content (AvgIpc) is 3.82. The Morgan fingerprint density at radius 3 is 1.90 bits per heavy atom. The number of phenolic OH excluding ortho intramolecular Hbond substituents is 1. The van der Waals surface area contributed by atoms with Crippen molar-refractivity contribution < 1.29 is 54.0 Å². The molecule has 2 aliphatic rings. The van der Waals surface area contributed by atoms with Crippen LogP contribution in [0.1, 0.15) is 58.4 Å². The van der Waals surface area contributed by atoms with Crippen molar-refractivity contribution in [2.45, 2.75) is 102 Å². The number of aliphatic carboxylic acids is 1. The van der Waals surface area contributed by atoms with Crippen LogP contribution in [0.2, 0.25) is 0 Å². The third kappa shape index (κ3) is 10.8. The van der Waals surface area contributed by atoms with Gasteiger partial charge in [-0.3, -0.25) is 33.6 Å². The number of hydrogen-bond acceptors (Lipinski definition) is 11. The molecular weight excluding hydrogens is 682 g/mol. The van der Waals surface area contributed by atoms with E-state index in [0.29, 0.717) is 24.8 Å². The fourth-order valence-corrected chi connectivity index (χ4v) is 6.24. The lowest BCUT2D eigenvalue weighted by atomic mass is 9.96. The molecule has 8 atom stereocenters. The SMILES string of the molecule is CC[C@H](C)[C@H](NC(=O)[C@@H]1CCCN1C(=O)[C@H](CO)NC(=O)[C@@H](N)[C@@H](C)O)C(=O)N[C@@H](Cc1ccc(O)cc1)C(=O)N1CCC[C@H]1C(=O)NCC(=O)O. The number of aliphatic hydroxyl groups excluding tert-OH is 2. The van der Waals surface area contributed by atoms with E-state index >= 15 is 0 Å². The van der Waals surface area contributed by atoms with Gasteiger partial charge in [0.05, 0.1) is 12.7 Å². The number of aromatic hydroxyl groups is 1. The Balaban J connectivity index is 1.82. The third-order valence-corrected chi connectivity index (χ3v) is 9.49. The van der Waals surface area contributed by atoms with Crippen LogP contribution in [0.3, 0.4) is 0 Å². The molecule has 0 bridgehead atoms. The molecule has 18 nitrogen and oxygen atoms in total. The van der Waals surface area contributed by atoms with Gasteiger partial charge in [0, 0.05) is 19.5 Å². The van der Waals surface area contributed by atoms with E-state index in [2.05, 4.69) is 21.3 Å². The highest BCUT2D eigenvalue weighted by atomic mass is 16.4. The van der Waals surface area contributed by atoms with Gasteiger partial charge in [-0.2, -0.15) is 0 Å². The first kappa shape index (κ1) is 41.6. The maximum Gasteiger partial charge on any atom is 0.322 e. The molecule has 0 unspecified atom stereocenters. The molecule has 18 heteroatoms. The number of carbonyl (C=O) groups excluding carboxylic acids is 6. The number of benzene rings is 1. The van der Waals surface area contributed by atoms with Gasteiger partial charge in [-0.25, -0.2) is 0 Å². The third-order valence-electron chi connectivity index (χ3n) is 9.49. The number of nitrogens with zero attached hydrogens (tertiary/aromatic N) is 2. The molecule has 2 fully saturated rings. The Labute approximate surface area is 301 Å². The van der Waals surface area contributed by atoms with Crippen molar-refractivity contribution in [1.82, 2.24) is 31.1 Å². The molecule has 1 aromatic carbocycles. The number of phenols is 1. The number of hydrogen-bond donors (Lipinski definition) is 9. The number of nitrogens with one attached hydrogen (secondary N) is 4. The van der Waals surface area contributed by atoms with Crippen molar-refractivity contribution >= 4 is 41.4 Å². The predicted octanol–water partition coefficient (Wildman–Crippen LogP) is -2.68. The molecule has 0 aromatic heterocycles. The van der Waals surface area contributed by atoms with E-state index in [1.807, 2.05) is 0 Å². The van der Waals surface area contributed by atoms with Crippen LogP contribution in [0.25, 0.3) is 0 Å². The first-order chi connectivity index (χ1) is 24.6. The smallest absolute Gasteiger partial charge is 0.322 e. The van der Waals surface area contributed by atoms with Crippen LogP contribution < -0.4 is 27.0 Å². The Kier molecular flexibility index (Phi) is 15.3. The maximum absolute atomic E-state index is 14.0. The summed E-state index contributed by atoms with van der Waals surface area (Å²) >= 11 is 0. The van der Waals surface area contributed by atoms with Gasteiger partial charge in [-0.15, -0.1) is 0 Å². The summed E-state index contributed by atoms with van der Waals surface area (Å²) in [5.41, 5.74) is 6.23. The van der Waals surface area contributed by atoms with E-state index in [1.165, 1.54) is 28.9 Å². The molecule has 10 N–H and O–H groups in total. The number of carboxylic acids is 1. The quantitative estimate of drug-likeness (QED) is 0.0792. The largest absolute Gasteiger partial charge is 0.508 e. The highest BCUT2D eigenvalue weighted by Crippen LogP contribution is 2.22. The van der Waals surface area contributed by atoms with Crippen LogP contribution in [0.4, 0.5) is 0 Å². The van der Waals surface area contributed by atoms with Crippen molar-refractivity contribution in [1.29, 1.82) is 0 Å². The zero-order chi connectivity index (χ0) is 38.7. The van der Waals surface area contributed by atoms with Gasteiger partial charge in [-0.1, -0.05) is 32.4 Å². The first-order valence-corrected chi connectivity index (χ1v) is 17.4. The molecule has 52 heavy (non-hydrogen) atoms. The summed E-state index contributed by atoms with van der Waals surface area (Å²) in [5, 5.41) is 48.4. The molecule has 0 saturated carbocycles. The Morgan fingerprint density at radius 1 is 0.846 bits per heavy atom. The molecule has 0 aliphatic carbocycles. The molecule has 288 valence electrons. The fraction of sp³-hybridized carbons (Fsp3) is 0.618. The van der Waals surface area contributed by atoms with Crippen LogP contribution in [-0.4, -0.2) is 140 Å². The lowest BCUT2D eigenvalue weighted by molar-refractivity contribution is -0.144. The zero-order valence-corrected chi connectivity index (χ0v) is 29.6. The lowest BCUT2D eigenvalue weighted by Gasteiger charge is -2.32. The number of amides is 6. The van der Waals surface area contributed by atoms with Crippen LogP contribution in [0.5, 0.6) is 5.75 Å². The van der Waals surface area contributed by atoms with Crippen molar-refractivity contribution in [2.75, 3.05) is 26.2 Å². The minimum absolute atomic E-state index is 0.0135. The highest BCUT2D eigenvalue weighted by molar-refractivity contribution is 5.97. The minimum Gasteiger partial charge on any atom is -0.508 e. The standard InChI is InChI=1S/C34H51N7O11/c1-4-18(2)28(39-30(48)25-8-6-14-41(25)34(52)23(17-42)38-31(49)27(35)19(3)43)32(50)37-22(15-20-9-11-21(44)12-10-20)33(51)40-13-5-7-24(40)29(47)36-16-26(45)46/h9-12,18-19,22-25,27-28,42-44H,4-8,13-17,35H2,1-3H3,(H,36,47)(H,37,50)(H,38,49)(H,39,48)(H,45,46)/t18-,19+,22-,23-,24-,25-,27-,28-/m0/s1. The van der Waals surface area contributed by atoms with Crippen LogP contribution in [0, 0.1) is 5.92 Å². The van der Waals surface area contributed by atoms with Gasteiger partial charge in [0.1, 0.15) is 48.5 Å². The number of nitrogens with two attached hydrogens (primary N) is 1. The van der Waals surface area contributed by atoms with Gasteiger partial charge >= 0.3 is 5.97 Å². The number of aliphatic hydroxyl groups is 2. The topological polar surface area (TPSA) is 281 Å². The number of carbonyl (C=O) groups is 7. The van der Waals surface area contributed by atoms with Crippen molar-refractivity contribution in [3.05, 3.63) is 29.8 Å². The van der Waals surface area contributed by atoms with Crippen molar-refractivity contribution in [3.63, 3.8) is 0 Å². The molecule has 3 rings (SSSR count). The molecule has 2 heterocycles. The molecule has 0 spiro atoms. The van der Waals surface area contributed by atoms with Gasteiger partial charge in [-0.05, 0) is 56.2 Å². The number of likely N-dealkylation sites (tertiary alicyclic amines) is 2. The van der Waals surface area contributed by atoms with Crippen LogP contribution in [0.15, 0.2) is 24.3 Å². The summed E-state index contributed by atoms with van der Waals surface area (Å²) in [6.45, 7) is 3.72. The molecule has 2 aliphatic heterocycles. The summed E-state index contributed by atoms with van der Waals surface area (Å²) in [6.07, 6.45) is 0.573. The Hall–Kier alpha value is -4.81. The monoisotopic (exact) mass is 733 g/mol. The summed E-state index contributed by atoms with van der Waals surface area (Å²) < 4.78 is 0. The second-order valence-corrected chi connectivity index (χ2v) is 13.3.